The lowest BCUT2D eigenvalue weighted by Gasteiger charge is -2.39. The third-order valence-corrected chi connectivity index (χ3v) is 7.88. The molecule has 0 spiro atoms. The molecule has 6 rings (SSSR count). The van der Waals surface area contributed by atoms with Gasteiger partial charge >= 0.3 is 0 Å². The number of aromatic nitrogens is 4. The van der Waals surface area contributed by atoms with Crippen LogP contribution in [0.25, 0.3) is 11.0 Å². The zero-order valence-corrected chi connectivity index (χ0v) is 20.9. The van der Waals surface area contributed by atoms with E-state index in [9.17, 15) is 4.79 Å². The molecule has 8 nitrogen and oxygen atoms in total. The van der Waals surface area contributed by atoms with Gasteiger partial charge < -0.3 is 9.80 Å². The minimum absolute atomic E-state index is 0.153. The van der Waals surface area contributed by atoms with Gasteiger partial charge in [0.2, 0.25) is 0 Å². The molecule has 3 aromatic rings. The monoisotopic (exact) mass is 473 g/mol. The summed E-state index contributed by atoms with van der Waals surface area (Å²) in [6, 6.07) is 8.18. The van der Waals surface area contributed by atoms with Gasteiger partial charge in [-0.15, -0.1) is 0 Å². The van der Waals surface area contributed by atoms with Crippen LogP contribution in [-0.4, -0.2) is 81.3 Å². The number of rotatable bonds is 5. The highest BCUT2D eigenvalue weighted by atomic mass is 16.2. The van der Waals surface area contributed by atoms with Crippen LogP contribution in [0, 0.1) is 12.8 Å². The fourth-order valence-electron chi connectivity index (χ4n) is 5.86. The third kappa shape index (κ3) is 4.51. The van der Waals surface area contributed by atoms with Gasteiger partial charge in [-0.1, -0.05) is 6.07 Å². The molecule has 1 atom stereocenters. The van der Waals surface area contributed by atoms with E-state index in [1.54, 1.807) is 0 Å². The molecule has 3 aliphatic rings. The van der Waals surface area contributed by atoms with Crippen LogP contribution in [0.5, 0.6) is 0 Å². The number of piperazine rings is 1. The van der Waals surface area contributed by atoms with Gasteiger partial charge in [0, 0.05) is 70.7 Å². The van der Waals surface area contributed by atoms with Gasteiger partial charge in [0.25, 0.3) is 5.91 Å². The van der Waals surface area contributed by atoms with Gasteiger partial charge in [-0.25, -0.2) is 9.97 Å². The quantitative estimate of drug-likeness (QED) is 0.567. The van der Waals surface area contributed by atoms with E-state index in [1.165, 1.54) is 19.3 Å². The summed E-state index contributed by atoms with van der Waals surface area (Å²) in [5.74, 6) is 2.24. The van der Waals surface area contributed by atoms with Crippen molar-refractivity contribution in [3.8, 4) is 0 Å². The molecule has 0 radical (unpaired) electrons. The van der Waals surface area contributed by atoms with Crippen molar-refractivity contribution in [2.75, 3.05) is 50.7 Å². The highest BCUT2D eigenvalue weighted by Gasteiger charge is 2.32. The minimum Gasteiger partial charge on any atom is -0.354 e. The Bertz CT molecular complexity index is 1210. The molecule has 0 bridgehead atoms. The Hall–Kier alpha value is -3.00. The minimum atomic E-state index is 0.153. The molecule has 3 fully saturated rings. The van der Waals surface area contributed by atoms with E-state index in [0.717, 1.165) is 86.0 Å². The number of likely N-dealkylation sites (tertiary alicyclic amines) is 1. The van der Waals surface area contributed by atoms with Crippen molar-refractivity contribution in [3.05, 3.63) is 47.4 Å². The van der Waals surface area contributed by atoms with E-state index in [-0.39, 0.29) is 5.91 Å². The third-order valence-electron chi connectivity index (χ3n) is 7.88. The molecule has 1 aliphatic carbocycles. The maximum atomic E-state index is 13.8. The first-order valence-electron chi connectivity index (χ1n) is 13.1. The molecule has 35 heavy (non-hydrogen) atoms. The number of pyridine rings is 2. The molecule has 5 heterocycles. The number of carbonyl (C=O) groups excluding carboxylic acids is 1. The van der Waals surface area contributed by atoms with Crippen molar-refractivity contribution in [1.29, 1.82) is 0 Å². The summed E-state index contributed by atoms with van der Waals surface area (Å²) in [6.45, 7) is 8.83. The Morgan fingerprint density at radius 1 is 1.09 bits per heavy atom. The Labute approximate surface area is 206 Å². The van der Waals surface area contributed by atoms with Crippen LogP contribution in [0.4, 0.5) is 5.82 Å². The fraction of sp³-hybridized carbons (Fsp3) is 0.556. The van der Waals surface area contributed by atoms with Gasteiger partial charge in [-0.2, -0.15) is 5.10 Å². The molecule has 8 heteroatoms. The predicted molar refractivity (Wildman–Crippen MR) is 137 cm³/mol. The molecule has 3 aromatic heterocycles. The standard InChI is InChI=1S/C27H35N7O/c1-19-25-22(16-23(21-8-9-21)29-26(25)31(2)30-19)27(35)34-11-5-6-20(18-34)17-32-12-14-33(15-13-32)24-7-3-4-10-28-24/h3-4,7,10,16,20-21H,5-6,8-9,11-15,17-18H2,1-2H3. The normalized spacial score (nSPS) is 21.6. The Morgan fingerprint density at radius 2 is 1.91 bits per heavy atom. The summed E-state index contributed by atoms with van der Waals surface area (Å²) in [4.78, 5) is 30.3. The molecule has 1 unspecified atom stereocenters. The molecule has 2 aliphatic heterocycles. The maximum Gasteiger partial charge on any atom is 0.254 e. The number of aryl methyl sites for hydroxylation is 2. The summed E-state index contributed by atoms with van der Waals surface area (Å²) in [6.07, 6.45) is 6.46. The van der Waals surface area contributed by atoms with Gasteiger partial charge in [0.05, 0.1) is 16.6 Å². The number of nitrogens with zero attached hydrogens (tertiary/aromatic N) is 7. The summed E-state index contributed by atoms with van der Waals surface area (Å²) in [7, 11) is 1.93. The van der Waals surface area contributed by atoms with Crippen LogP contribution in [-0.2, 0) is 7.05 Å². The first kappa shape index (κ1) is 22.5. The van der Waals surface area contributed by atoms with Gasteiger partial charge in [-0.05, 0) is 56.7 Å². The number of carbonyl (C=O) groups is 1. The summed E-state index contributed by atoms with van der Waals surface area (Å²) < 4.78 is 1.83. The highest BCUT2D eigenvalue weighted by Crippen LogP contribution is 2.40. The molecule has 184 valence electrons. The SMILES string of the molecule is Cc1nn(C)c2nc(C3CC3)cc(C(=O)N3CCCC(CN4CCN(c5ccccn5)CC4)C3)c12. The van der Waals surface area contributed by atoms with Crippen LogP contribution in [0.3, 0.4) is 0 Å². The number of amides is 1. The van der Waals surface area contributed by atoms with Crippen molar-refractivity contribution in [2.45, 2.75) is 38.5 Å². The lowest BCUT2D eigenvalue weighted by molar-refractivity contribution is 0.0639. The molecule has 0 N–H and O–H groups in total. The summed E-state index contributed by atoms with van der Waals surface area (Å²) >= 11 is 0. The van der Waals surface area contributed by atoms with Crippen LogP contribution < -0.4 is 4.90 Å². The topological polar surface area (TPSA) is 70.4 Å². The van der Waals surface area contributed by atoms with Crippen LogP contribution in [0.15, 0.2) is 30.5 Å². The second-order valence-corrected chi connectivity index (χ2v) is 10.5. The molecule has 0 aromatic carbocycles. The lowest BCUT2D eigenvalue weighted by atomic mass is 9.96. The van der Waals surface area contributed by atoms with E-state index < -0.39 is 0 Å². The molecule has 1 saturated carbocycles. The van der Waals surface area contributed by atoms with Crippen molar-refractivity contribution >= 4 is 22.8 Å². The highest BCUT2D eigenvalue weighted by molar-refractivity contribution is 6.06. The lowest BCUT2D eigenvalue weighted by Crippen LogP contribution is -2.50. The average molecular weight is 474 g/mol. The number of anilines is 1. The Morgan fingerprint density at radius 3 is 2.66 bits per heavy atom. The van der Waals surface area contributed by atoms with E-state index >= 15 is 0 Å². The summed E-state index contributed by atoms with van der Waals surface area (Å²) in [5, 5.41) is 5.51. The molecule has 1 amide bonds. The van der Waals surface area contributed by atoms with Crippen molar-refractivity contribution in [2.24, 2.45) is 13.0 Å². The largest absolute Gasteiger partial charge is 0.354 e. The smallest absolute Gasteiger partial charge is 0.254 e. The second-order valence-electron chi connectivity index (χ2n) is 10.5. The predicted octanol–water partition coefficient (Wildman–Crippen LogP) is 3.22. The zero-order valence-electron chi connectivity index (χ0n) is 20.9. The fourth-order valence-corrected chi connectivity index (χ4v) is 5.86. The average Bonchev–Trinajstić information content (AvgIpc) is 3.70. The van der Waals surface area contributed by atoms with Crippen LogP contribution in [0.1, 0.15) is 53.3 Å². The number of hydrogen-bond donors (Lipinski definition) is 0. The number of fused-ring (bicyclic) bond motifs is 1. The summed E-state index contributed by atoms with van der Waals surface area (Å²) in [5.41, 5.74) is 3.59. The van der Waals surface area contributed by atoms with Gasteiger partial charge in [-0.3, -0.25) is 14.4 Å². The van der Waals surface area contributed by atoms with E-state index in [2.05, 4.69) is 43.0 Å². The molecule has 2 saturated heterocycles. The maximum absolute atomic E-state index is 13.8. The zero-order chi connectivity index (χ0) is 23.9. The first-order chi connectivity index (χ1) is 17.1. The molecular formula is C27H35N7O. The van der Waals surface area contributed by atoms with Crippen molar-refractivity contribution in [1.82, 2.24) is 29.5 Å². The second kappa shape index (κ2) is 9.22. The van der Waals surface area contributed by atoms with Crippen molar-refractivity contribution in [3.63, 3.8) is 0 Å². The van der Waals surface area contributed by atoms with E-state index in [4.69, 9.17) is 4.98 Å². The number of piperidine rings is 1. The van der Waals surface area contributed by atoms with Gasteiger partial charge in [0.15, 0.2) is 5.65 Å². The van der Waals surface area contributed by atoms with E-state index in [1.807, 2.05) is 30.9 Å². The Kier molecular flexibility index (Phi) is 5.92. The van der Waals surface area contributed by atoms with Crippen LogP contribution in [0.2, 0.25) is 0 Å². The first-order valence-corrected chi connectivity index (χ1v) is 13.1. The van der Waals surface area contributed by atoms with Gasteiger partial charge in [0.1, 0.15) is 5.82 Å². The van der Waals surface area contributed by atoms with E-state index in [0.29, 0.717) is 11.8 Å². The van der Waals surface area contributed by atoms with Crippen molar-refractivity contribution < 1.29 is 4.79 Å². The number of hydrogen-bond acceptors (Lipinski definition) is 6. The van der Waals surface area contributed by atoms with Crippen LogP contribution >= 0.6 is 0 Å². The Balaban J connectivity index is 1.14. The molecular weight excluding hydrogens is 438 g/mol.